The van der Waals surface area contributed by atoms with Gasteiger partial charge >= 0.3 is 0 Å². The van der Waals surface area contributed by atoms with Gasteiger partial charge in [-0.3, -0.25) is 4.90 Å². The molecule has 0 aliphatic carbocycles. The summed E-state index contributed by atoms with van der Waals surface area (Å²) < 4.78 is 17.1. The zero-order chi connectivity index (χ0) is 16.2. The van der Waals surface area contributed by atoms with Crippen molar-refractivity contribution in [1.82, 2.24) is 15.0 Å². The summed E-state index contributed by atoms with van der Waals surface area (Å²) in [6.45, 7) is 10.0. The van der Waals surface area contributed by atoms with Crippen LogP contribution in [0, 0.1) is 0 Å². The van der Waals surface area contributed by atoms with Gasteiger partial charge in [0.25, 0.3) is 0 Å². The van der Waals surface area contributed by atoms with E-state index in [2.05, 4.69) is 35.8 Å². The number of hydrogen-bond donors (Lipinski definition) is 0. The number of ether oxygens (including phenoxy) is 2. The number of rotatable bonds is 5. The number of nitrogens with zero attached hydrogens (tertiary/aromatic N) is 3. The fourth-order valence-electron chi connectivity index (χ4n) is 3.29. The first-order valence-corrected chi connectivity index (χ1v) is 8.94. The van der Waals surface area contributed by atoms with Crippen LogP contribution in [0.1, 0.15) is 70.1 Å². The molecule has 1 aromatic rings. The lowest BCUT2D eigenvalue weighted by Crippen LogP contribution is -2.40. The molecule has 0 N–H and O–H groups in total. The molecule has 6 nitrogen and oxygen atoms in total. The van der Waals surface area contributed by atoms with Crippen molar-refractivity contribution in [2.24, 2.45) is 0 Å². The largest absolute Gasteiger partial charge is 0.381 e. The lowest BCUT2D eigenvalue weighted by atomic mass is 10.0. The summed E-state index contributed by atoms with van der Waals surface area (Å²) in [6.07, 6.45) is 5.00. The lowest BCUT2D eigenvalue weighted by molar-refractivity contribution is -0.0876. The molecular weight excluding hydrogens is 294 g/mol. The van der Waals surface area contributed by atoms with E-state index in [-0.39, 0.29) is 6.04 Å². The van der Waals surface area contributed by atoms with Crippen molar-refractivity contribution in [3.8, 4) is 0 Å². The molecule has 3 rings (SSSR count). The molecule has 1 aromatic heterocycles. The number of hydrogen-bond acceptors (Lipinski definition) is 6. The zero-order valence-corrected chi connectivity index (χ0v) is 14.5. The van der Waals surface area contributed by atoms with Gasteiger partial charge in [-0.2, -0.15) is 4.98 Å². The van der Waals surface area contributed by atoms with Crippen molar-refractivity contribution in [3.63, 3.8) is 0 Å². The van der Waals surface area contributed by atoms with Gasteiger partial charge in [-0.25, -0.2) is 0 Å². The highest BCUT2D eigenvalue weighted by Gasteiger charge is 2.29. The number of piperidine rings is 1. The molecule has 1 atom stereocenters. The topological polar surface area (TPSA) is 60.6 Å². The Morgan fingerprint density at radius 2 is 1.70 bits per heavy atom. The third-order valence-corrected chi connectivity index (χ3v) is 4.91. The molecule has 3 heterocycles. The van der Waals surface area contributed by atoms with E-state index in [4.69, 9.17) is 14.0 Å². The fraction of sp³-hybridized carbons (Fsp3) is 0.882. The van der Waals surface area contributed by atoms with Crippen molar-refractivity contribution >= 4 is 0 Å². The molecule has 2 saturated heterocycles. The Bertz CT molecular complexity index is 477. The molecule has 0 bridgehead atoms. The summed E-state index contributed by atoms with van der Waals surface area (Å²) in [4.78, 5) is 6.95. The first-order valence-electron chi connectivity index (χ1n) is 8.94. The zero-order valence-electron chi connectivity index (χ0n) is 14.5. The van der Waals surface area contributed by atoms with Crippen LogP contribution in [-0.2, 0) is 9.47 Å². The summed E-state index contributed by atoms with van der Waals surface area (Å²) in [6, 6.07) is 0.180. The highest BCUT2D eigenvalue weighted by Crippen LogP contribution is 2.26. The molecule has 0 spiro atoms. The van der Waals surface area contributed by atoms with E-state index in [1.165, 1.54) is 0 Å². The Balaban J connectivity index is 1.47. The Labute approximate surface area is 138 Å². The minimum atomic E-state index is 0.180. The van der Waals surface area contributed by atoms with Crippen molar-refractivity contribution in [1.29, 1.82) is 0 Å². The monoisotopic (exact) mass is 323 g/mol. The SMILES string of the molecule is CC(C)c1noc([C@@H](C)N2CCC(OC3CCOCC3)CC2)n1. The molecule has 2 aliphatic rings. The van der Waals surface area contributed by atoms with Crippen LogP contribution in [-0.4, -0.2) is 53.6 Å². The normalized spacial score (nSPS) is 23.5. The minimum absolute atomic E-state index is 0.180. The van der Waals surface area contributed by atoms with E-state index >= 15 is 0 Å². The first kappa shape index (κ1) is 16.9. The molecule has 2 fully saturated rings. The molecule has 0 unspecified atom stereocenters. The molecule has 0 aromatic carbocycles. The van der Waals surface area contributed by atoms with Crippen molar-refractivity contribution < 1.29 is 14.0 Å². The van der Waals surface area contributed by atoms with E-state index in [1.807, 2.05) is 0 Å². The van der Waals surface area contributed by atoms with Gasteiger partial charge in [0.05, 0.1) is 18.2 Å². The summed E-state index contributed by atoms with van der Waals surface area (Å²) >= 11 is 0. The summed E-state index contributed by atoms with van der Waals surface area (Å²) in [7, 11) is 0. The highest BCUT2D eigenvalue weighted by atomic mass is 16.5. The van der Waals surface area contributed by atoms with Crippen LogP contribution in [0.25, 0.3) is 0 Å². The molecular formula is C17H29N3O3. The van der Waals surface area contributed by atoms with Crippen LogP contribution in [0.2, 0.25) is 0 Å². The third-order valence-electron chi connectivity index (χ3n) is 4.91. The smallest absolute Gasteiger partial charge is 0.243 e. The van der Waals surface area contributed by atoms with Gasteiger partial charge in [0.1, 0.15) is 0 Å². The molecule has 23 heavy (non-hydrogen) atoms. The van der Waals surface area contributed by atoms with Crippen LogP contribution in [0.4, 0.5) is 0 Å². The molecule has 130 valence electrons. The second kappa shape index (κ2) is 7.73. The highest BCUT2D eigenvalue weighted by molar-refractivity contribution is 4.96. The van der Waals surface area contributed by atoms with Gasteiger partial charge in [0, 0.05) is 32.2 Å². The average molecular weight is 323 g/mol. The van der Waals surface area contributed by atoms with E-state index in [1.54, 1.807) is 0 Å². The van der Waals surface area contributed by atoms with Gasteiger partial charge in [-0.05, 0) is 32.6 Å². The number of aromatic nitrogens is 2. The molecule has 6 heteroatoms. The second-order valence-electron chi connectivity index (χ2n) is 7.00. The van der Waals surface area contributed by atoms with Crippen molar-refractivity contribution in [2.75, 3.05) is 26.3 Å². The Hall–Kier alpha value is -0.980. The maximum atomic E-state index is 6.24. The fourth-order valence-corrected chi connectivity index (χ4v) is 3.29. The van der Waals surface area contributed by atoms with Gasteiger partial charge in [0.15, 0.2) is 5.82 Å². The van der Waals surface area contributed by atoms with E-state index in [0.29, 0.717) is 18.1 Å². The van der Waals surface area contributed by atoms with Crippen LogP contribution >= 0.6 is 0 Å². The Morgan fingerprint density at radius 1 is 1.04 bits per heavy atom. The Kier molecular flexibility index (Phi) is 5.67. The van der Waals surface area contributed by atoms with Crippen molar-refractivity contribution in [3.05, 3.63) is 11.7 Å². The first-order chi connectivity index (χ1) is 11.1. The maximum absolute atomic E-state index is 6.24. The van der Waals surface area contributed by atoms with E-state index < -0.39 is 0 Å². The predicted octanol–water partition coefficient (Wildman–Crippen LogP) is 2.91. The van der Waals surface area contributed by atoms with Gasteiger partial charge < -0.3 is 14.0 Å². The molecule has 2 aliphatic heterocycles. The predicted molar refractivity (Wildman–Crippen MR) is 86.3 cm³/mol. The summed E-state index contributed by atoms with van der Waals surface area (Å²) in [5.74, 6) is 1.83. The van der Waals surface area contributed by atoms with Gasteiger partial charge in [-0.1, -0.05) is 19.0 Å². The van der Waals surface area contributed by atoms with Crippen LogP contribution < -0.4 is 0 Å². The molecule has 0 saturated carbocycles. The average Bonchev–Trinajstić information content (AvgIpc) is 3.06. The quantitative estimate of drug-likeness (QED) is 0.830. The standard InChI is InChI=1S/C17H29N3O3/c1-12(2)16-18-17(23-19-16)13(3)20-8-4-14(5-9-20)22-15-6-10-21-11-7-15/h12-15H,4-11H2,1-3H3/t13-/m1/s1. The van der Waals surface area contributed by atoms with Crippen LogP contribution in [0.5, 0.6) is 0 Å². The molecule has 0 radical (unpaired) electrons. The van der Waals surface area contributed by atoms with E-state index in [9.17, 15) is 0 Å². The van der Waals surface area contributed by atoms with Crippen LogP contribution in [0.15, 0.2) is 4.52 Å². The van der Waals surface area contributed by atoms with Crippen molar-refractivity contribution in [2.45, 2.75) is 70.6 Å². The summed E-state index contributed by atoms with van der Waals surface area (Å²) in [5.41, 5.74) is 0. The maximum Gasteiger partial charge on any atom is 0.243 e. The summed E-state index contributed by atoms with van der Waals surface area (Å²) in [5, 5.41) is 4.07. The minimum Gasteiger partial charge on any atom is -0.381 e. The second-order valence-corrected chi connectivity index (χ2v) is 7.00. The lowest BCUT2D eigenvalue weighted by Gasteiger charge is -2.36. The van der Waals surface area contributed by atoms with Gasteiger partial charge in [-0.15, -0.1) is 0 Å². The Morgan fingerprint density at radius 3 is 2.30 bits per heavy atom. The van der Waals surface area contributed by atoms with Crippen LogP contribution in [0.3, 0.4) is 0 Å². The van der Waals surface area contributed by atoms with E-state index in [0.717, 1.165) is 63.7 Å². The molecule has 0 amide bonds. The number of likely N-dealkylation sites (tertiary alicyclic amines) is 1. The van der Waals surface area contributed by atoms with Gasteiger partial charge in [0.2, 0.25) is 5.89 Å². The third kappa shape index (κ3) is 4.31.